The first-order valence-corrected chi connectivity index (χ1v) is 7.63. The third kappa shape index (κ3) is 5.38. The summed E-state index contributed by atoms with van der Waals surface area (Å²) >= 11 is 5.81. The first-order chi connectivity index (χ1) is 9.99. The molecule has 21 heavy (non-hydrogen) atoms. The van der Waals surface area contributed by atoms with Crippen LogP contribution in [-0.2, 0) is 9.59 Å². The maximum absolute atomic E-state index is 12.3. The predicted molar refractivity (Wildman–Crippen MR) is 83.6 cm³/mol. The van der Waals surface area contributed by atoms with Gasteiger partial charge in [0.05, 0.1) is 5.92 Å². The molecule has 0 saturated heterocycles. The van der Waals surface area contributed by atoms with E-state index in [-0.39, 0.29) is 12.3 Å². The fraction of sp³-hybridized carbons (Fsp3) is 0.500. The molecule has 1 aromatic rings. The standard InChI is InChI=1S/C16H22ClNO3/c1-3-9-18(10-4-2)15(19)11-14(16(20)21)12-5-7-13(17)8-6-12/h5-8,14H,3-4,9-11H2,1-2H3,(H,20,21). The first kappa shape index (κ1) is 17.5. The number of carbonyl (C=O) groups is 2. The quantitative estimate of drug-likeness (QED) is 0.798. The Kier molecular flexibility index (Phi) is 7.23. The summed E-state index contributed by atoms with van der Waals surface area (Å²) in [6.07, 6.45) is 1.71. The smallest absolute Gasteiger partial charge is 0.311 e. The van der Waals surface area contributed by atoms with Crippen LogP contribution in [0.3, 0.4) is 0 Å². The number of halogens is 1. The van der Waals surface area contributed by atoms with Gasteiger partial charge in [-0.3, -0.25) is 9.59 Å². The average Bonchev–Trinajstić information content (AvgIpc) is 2.45. The van der Waals surface area contributed by atoms with Crippen molar-refractivity contribution >= 4 is 23.5 Å². The molecular formula is C16H22ClNO3. The molecule has 0 radical (unpaired) electrons. The van der Waals surface area contributed by atoms with E-state index in [0.29, 0.717) is 23.7 Å². The van der Waals surface area contributed by atoms with Crippen molar-refractivity contribution in [1.82, 2.24) is 4.90 Å². The van der Waals surface area contributed by atoms with Crippen LogP contribution < -0.4 is 0 Å². The summed E-state index contributed by atoms with van der Waals surface area (Å²) in [7, 11) is 0. The Bertz CT molecular complexity index is 467. The van der Waals surface area contributed by atoms with E-state index in [2.05, 4.69) is 0 Å². The lowest BCUT2D eigenvalue weighted by molar-refractivity contribution is -0.142. The molecule has 116 valence electrons. The maximum atomic E-state index is 12.3. The molecule has 0 aliphatic carbocycles. The van der Waals surface area contributed by atoms with E-state index in [1.807, 2.05) is 13.8 Å². The lowest BCUT2D eigenvalue weighted by Crippen LogP contribution is -2.34. The van der Waals surface area contributed by atoms with Gasteiger partial charge in [0.25, 0.3) is 0 Å². The number of carboxylic acids is 1. The maximum Gasteiger partial charge on any atom is 0.311 e. The zero-order valence-electron chi connectivity index (χ0n) is 12.5. The highest BCUT2D eigenvalue weighted by molar-refractivity contribution is 6.30. The van der Waals surface area contributed by atoms with Gasteiger partial charge in [-0.1, -0.05) is 37.6 Å². The summed E-state index contributed by atoms with van der Waals surface area (Å²) in [5.74, 6) is -1.93. The zero-order chi connectivity index (χ0) is 15.8. The summed E-state index contributed by atoms with van der Waals surface area (Å²) in [6.45, 7) is 5.34. The number of carboxylic acid groups (broad SMARTS) is 1. The molecule has 1 amide bonds. The summed E-state index contributed by atoms with van der Waals surface area (Å²) in [6, 6.07) is 6.62. The van der Waals surface area contributed by atoms with E-state index in [1.165, 1.54) is 0 Å². The molecule has 1 aromatic carbocycles. The monoisotopic (exact) mass is 311 g/mol. The molecule has 0 spiro atoms. The highest BCUT2D eigenvalue weighted by atomic mass is 35.5. The van der Waals surface area contributed by atoms with E-state index in [0.717, 1.165) is 12.8 Å². The summed E-state index contributed by atoms with van der Waals surface area (Å²) in [4.78, 5) is 25.5. The molecule has 1 unspecified atom stereocenters. The third-order valence-corrected chi connectivity index (χ3v) is 3.54. The molecule has 0 aliphatic rings. The van der Waals surface area contributed by atoms with Crippen LogP contribution in [0.15, 0.2) is 24.3 Å². The molecule has 0 aromatic heterocycles. The molecule has 0 saturated carbocycles. The van der Waals surface area contributed by atoms with E-state index < -0.39 is 11.9 Å². The van der Waals surface area contributed by atoms with Gasteiger partial charge in [-0.15, -0.1) is 0 Å². The van der Waals surface area contributed by atoms with E-state index in [9.17, 15) is 14.7 Å². The Balaban J connectivity index is 2.84. The molecular weight excluding hydrogens is 290 g/mol. The van der Waals surface area contributed by atoms with Gasteiger partial charge < -0.3 is 10.0 Å². The minimum Gasteiger partial charge on any atom is -0.481 e. The number of amides is 1. The van der Waals surface area contributed by atoms with Crippen molar-refractivity contribution in [3.63, 3.8) is 0 Å². The van der Waals surface area contributed by atoms with Crippen molar-refractivity contribution in [2.75, 3.05) is 13.1 Å². The van der Waals surface area contributed by atoms with E-state index in [1.54, 1.807) is 29.2 Å². The molecule has 1 N–H and O–H groups in total. The highest BCUT2D eigenvalue weighted by Gasteiger charge is 2.25. The number of hydrogen-bond acceptors (Lipinski definition) is 2. The Hall–Kier alpha value is -1.55. The van der Waals surface area contributed by atoms with Gasteiger partial charge in [0, 0.05) is 24.5 Å². The molecule has 1 rings (SSSR count). The number of rotatable bonds is 8. The van der Waals surface area contributed by atoms with Gasteiger partial charge in [0.1, 0.15) is 0 Å². The van der Waals surface area contributed by atoms with Crippen molar-refractivity contribution in [2.24, 2.45) is 0 Å². The number of benzene rings is 1. The number of carbonyl (C=O) groups excluding carboxylic acids is 1. The van der Waals surface area contributed by atoms with Crippen LogP contribution in [0.2, 0.25) is 5.02 Å². The van der Waals surface area contributed by atoms with Crippen molar-refractivity contribution < 1.29 is 14.7 Å². The van der Waals surface area contributed by atoms with Crippen molar-refractivity contribution in [3.05, 3.63) is 34.9 Å². The third-order valence-electron chi connectivity index (χ3n) is 3.29. The van der Waals surface area contributed by atoms with Crippen molar-refractivity contribution in [3.8, 4) is 0 Å². The summed E-state index contributed by atoms with van der Waals surface area (Å²) < 4.78 is 0. The largest absolute Gasteiger partial charge is 0.481 e. The Labute approximate surface area is 130 Å². The van der Waals surface area contributed by atoms with Crippen LogP contribution in [0.25, 0.3) is 0 Å². The molecule has 0 aliphatic heterocycles. The van der Waals surface area contributed by atoms with Crippen molar-refractivity contribution in [1.29, 1.82) is 0 Å². The van der Waals surface area contributed by atoms with E-state index >= 15 is 0 Å². The van der Waals surface area contributed by atoms with Gasteiger partial charge in [-0.05, 0) is 30.5 Å². The van der Waals surface area contributed by atoms with Gasteiger partial charge in [0.2, 0.25) is 5.91 Å². The van der Waals surface area contributed by atoms with Crippen LogP contribution >= 0.6 is 11.6 Å². The second-order valence-electron chi connectivity index (χ2n) is 5.03. The topological polar surface area (TPSA) is 57.6 Å². The van der Waals surface area contributed by atoms with Gasteiger partial charge in [0.15, 0.2) is 0 Å². The summed E-state index contributed by atoms with van der Waals surface area (Å²) in [5, 5.41) is 9.93. The van der Waals surface area contributed by atoms with Crippen LogP contribution in [-0.4, -0.2) is 35.0 Å². The second kappa shape index (κ2) is 8.67. The fourth-order valence-electron chi connectivity index (χ4n) is 2.25. The number of nitrogens with zero attached hydrogens (tertiary/aromatic N) is 1. The molecule has 5 heteroatoms. The van der Waals surface area contributed by atoms with Crippen LogP contribution in [0.4, 0.5) is 0 Å². The zero-order valence-corrected chi connectivity index (χ0v) is 13.3. The predicted octanol–water partition coefficient (Wildman–Crippen LogP) is 3.55. The molecule has 0 heterocycles. The lowest BCUT2D eigenvalue weighted by atomic mass is 9.95. The van der Waals surface area contributed by atoms with Crippen LogP contribution in [0, 0.1) is 0 Å². The van der Waals surface area contributed by atoms with E-state index in [4.69, 9.17) is 11.6 Å². The highest BCUT2D eigenvalue weighted by Crippen LogP contribution is 2.23. The Morgan fingerprint density at radius 3 is 2.10 bits per heavy atom. The molecule has 4 nitrogen and oxygen atoms in total. The summed E-state index contributed by atoms with van der Waals surface area (Å²) in [5.41, 5.74) is 0.605. The minimum atomic E-state index is -0.987. The fourth-order valence-corrected chi connectivity index (χ4v) is 2.37. The van der Waals surface area contributed by atoms with Gasteiger partial charge in [-0.2, -0.15) is 0 Å². The van der Waals surface area contributed by atoms with Gasteiger partial charge >= 0.3 is 5.97 Å². The number of hydrogen-bond donors (Lipinski definition) is 1. The first-order valence-electron chi connectivity index (χ1n) is 7.25. The molecule has 0 bridgehead atoms. The molecule has 0 fully saturated rings. The number of aliphatic carboxylic acids is 1. The average molecular weight is 312 g/mol. The second-order valence-corrected chi connectivity index (χ2v) is 5.46. The van der Waals surface area contributed by atoms with Crippen molar-refractivity contribution in [2.45, 2.75) is 39.0 Å². The molecule has 1 atom stereocenters. The normalized spacial score (nSPS) is 12.0. The Morgan fingerprint density at radius 1 is 1.14 bits per heavy atom. The van der Waals surface area contributed by atoms with Crippen LogP contribution in [0.1, 0.15) is 44.6 Å². The van der Waals surface area contributed by atoms with Gasteiger partial charge in [-0.25, -0.2) is 0 Å². The lowest BCUT2D eigenvalue weighted by Gasteiger charge is -2.23. The van der Waals surface area contributed by atoms with Crippen LogP contribution in [0.5, 0.6) is 0 Å². The Morgan fingerprint density at radius 2 is 1.67 bits per heavy atom. The minimum absolute atomic E-state index is 0.0169. The SMILES string of the molecule is CCCN(CCC)C(=O)CC(C(=O)O)c1ccc(Cl)cc1.